The first-order valence-electron chi connectivity index (χ1n) is 8.95. The van der Waals surface area contributed by atoms with Gasteiger partial charge in [0.25, 0.3) is 0 Å². The van der Waals surface area contributed by atoms with Crippen LogP contribution in [0.5, 0.6) is 11.5 Å². The second kappa shape index (κ2) is 5.91. The Kier molecular flexibility index (Phi) is 3.86. The van der Waals surface area contributed by atoms with Crippen molar-refractivity contribution in [2.45, 2.75) is 39.0 Å². The molecule has 1 aromatic carbocycles. The van der Waals surface area contributed by atoms with Crippen molar-refractivity contribution < 1.29 is 19.1 Å². The minimum absolute atomic E-state index is 0.00353. The zero-order chi connectivity index (χ0) is 16.8. The van der Waals surface area contributed by atoms with Crippen LogP contribution in [-0.2, 0) is 4.79 Å². The lowest BCUT2D eigenvalue weighted by Gasteiger charge is -2.53. The molecule has 4 bridgehead atoms. The van der Waals surface area contributed by atoms with Gasteiger partial charge in [0.1, 0.15) is 11.5 Å². The number of esters is 1. The quantitative estimate of drug-likeness (QED) is 0.478. The molecule has 24 heavy (non-hydrogen) atoms. The van der Waals surface area contributed by atoms with Crippen LogP contribution in [0.3, 0.4) is 0 Å². The molecule has 4 nitrogen and oxygen atoms in total. The van der Waals surface area contributed by atoms with E-state index < -0.39 is 0 Å². The van der Waals surface area contributed by atoms with Crippen molar-refractivity contribution in [2.24, 2.45) is 29.6 Å². The third-order valence-corrected chi connectivity index (χ3v) is 6.28. The molecular formula is C20H24O4. The largest absolute Gasteiger partial charge is 0.497 e. The fourth-order valence-corrected chi connectivity index (χ4v) is 5.49. The van der Waals surface area contributed by atoms with Crippen molar-refractivity contribution >= 4 is 11.8 Å². The predicted octanol–water partition coefficient (Wildman–Crippen LogP) is 3.88. The molecule has 0 atom stereocenters. The van der Waals surface area contributed by atoms with Gasteiger partial charge in [-0.25, -0.2) is 0 Å². The van der Waals surface area contributed by atoms with Crippen molar-refractivity contribution in [3.05, 3.63) is 23.8 Å². The van der Waals surface area contributed by atoms with Crippen molar-refractivity contribution in [1.29, 1.82) is 0 Å². The molecule has 5 rings (SSSR count). The molecular weight excluding hydrogens is 304 g/mol. The molecule has 0 N–H and O–H groups in total. The lowest BCUT2D eigenvalue weighted by atomic mass is 9.52. The Morgan fingerprint density at radius 3 is 2.17 bits per heavy atom. The number of hydrogen-bond donors (Lipinski definition) is 0. The van der Waals surface area contributed by atoms with Crippen LogP contribution in [-0.4, -0.2) is 18.9 Å². The van der Waals surface area contributed by atoms with E-state index in [1.165, 1.54) is 39.0 Å². The maximum absolute atomic E-state index is 12.9. The van der Waals surface area contributed by atoms with Gasteiger partial charge in [-0.05, 0) is 74.8 Å². The molecule has 4 heteroatoms. The first kappa shape index (κ1) is 15.7. The van der Waals surface area contributed by atoms with E-state index >= 15 is 0 Å². The Hall–Kier alpha value is -1.84. The summed E-state index contributed by atoms with van der Waals surface area (Å²) in [4.78, 5) is 24.7. The number of rotatable bonds is 4. The average Bonchev–Trinajstić information content (AvgIpc) is 2.53. The van der Waals surface area contributed by atoms with Gasteiger partial charge < -0.3 is 9.47 Å². The van der Waals surface area contributed by atoms with E-state index in [0.29, 0.717) is 28.9 Å². The lowest BCUT2D eigenvalue weighted by Crippen LogP contribution is -2.49. The summed E-state index contributed by atoms with van der Waals surface area (Å²) in [6, 6.07) is 5.03. The Morgan fingerprint density at radius 1 is 1.00 bits per heavy atom. The first-order chi connectivity index (χ1) is 11.5. The molecule has 4 fully saturated rings. The van der Waals surface area contributed by atoms with E-state index in [0.717, 1.165) is 11.8 Å². The standard InChI is InChI=1S/C20H24O4/c1-11(21)17-4-3-16(23-2)10-18(17)24-20(22)19-14-6-12-5-13(8-14)9-15(19)7-12/h3-4,10,12-15,19H,5-9H2,1-2H3. The van der Waals surface area contributed by atoms with Gasteiger partial charge in [-0.15, -0.1) is 0 Å². The highest BCUT2D eigenvalue weighted by Crippen LogP contribution is 2.56. The van der Waals surface area contributed by atoms with Crippen LogP contribution in [0.25, 0.3) is 0 Å². The monoisotopic (exact) mass is 328 g/mol. The van der Waals surface area contributed by atoms with Crippen LogP contribution in [0.2, 0.25) is 0 Å². The van der Waals surface area contributed by atoms with E-state index in [4.69, 9.17) is 9.47 Å². The number of methoxy groups -OCH3 is 1. The molecule has 4 aliphatic carbocycles. The maximum Gasteiger partial charge on any atom is 0.314 e. The third-order valence-electron chi connectivity index (χ3n) is 6.28. The van der Waals surface area contributed by atoms with Crippen LogP contribution < -0.4 is 9.47 Å². The second-order valence-corrected chi connectivity index (χ2v) is 7.80. The molecule has 0 heterocycles. The van der Waals surface area contributed by atoms with Crippen LogP contribution in [0.4, 0.5) is 0 Å². The molecule has 0 saturated heterocycles. The van der Waals surface area contributed by atoms with E-state index in [-0.39, 0.29) is 17.7 Å². The molecule has 4 saturated carbocycles. The highest BCUT2D eigenvalue weighted by atomic mass is 16.5. The van der Waals surface area contributed by atoms with Crippen LogP contribution >= 0.6 is 0 Å². The Balaban J connectivity index is 1.57. The van der Waals surface area contributed by atoms with E-state index in [1.807, 2.05) is 0 Å². The Labute approximate surface area is 142 Å². The van der Waals surface area contributed by atoms with Gasteiger partial charge in [-0.3, -0.25) is 9.59 Å². The smallest absolute Gasteiger partial charge is 0.314 e. The molecule has 0 unspecified atom stereocenters. The summed E-state index contributed by atoms with van der Waals surface area (Å²) in [5, 5.41) is 0. The van der Waals surface area contributed by atoms with Gasteiger partial charge in [0.15, 0.2) is 5.78 Å². The minimum atomic E-state index is -0.153. The van der Waals surface area contributed by atoms with Gasteiger partial charge in [-0.1, -0.05) is 0 Å². The van der Waals surface area contributed by atoms with Crippen molar-refractivity contribution in [1.82, 2.24) is 0 Å². The summed E-state index contributed by atoms with van der Waals surface area (Å²) in [6.07, 6.45) is 6.04. The zero-order valence-corrected chi connectivity index (χ0v) is 14.3. The van der Waals surface area contributed by atoms with Crippen molar-refractivity contribution in [3.63, 3.8) is 0 Å². The molecule has 0 amide bonds. The van der Waals surface area contributed by atoms with E-state index in [2.05, 4.69) is 0 Å². The number of ether oxygens (including phenoxy) is 2. The van der Waals surface area contributed by atoms with Gasteiger partial charge in [0.05, 0.1) is 18.6 Å². The fourth-order valence-electron chi connectivity index (χ4n) is 5.49. The number of carbonyl (C=O) groups excluding carboxylic acids is 2. The number of ketones is 1. The number of carbonyl (C=O) groups is 2. The highest BCUT2D eigenvalue weighted by Gasteiger charge is 2.51. The molecule has 0 spiro atoms. The second-order valence-electron chi connectivity index (χ2n) is 7.80. The number of benzene rings is 1. The minimum Gasteiger partial charge on any atom is -0.497 e. The van der Waals surface area contributed by atoms with Crippen LogP contribution in [0.1, 0.15) is 49.4 Å². The predicted molar refractivity (Wildman–Crippen MR) is 89.2 cm³/mol. The van der Waals surface area contributed by atoms with Gasteiger partial charge in [0, 0.05) is 6.07 Å². The molecule has 1 aromatic rings. The molecule has 128 valence electrons. The summed E-state index contributed by atoms with van der Waals surface area (Å²) in [5.41, 5.74) is 0.438. The third kappa shape index (κ3) is 2.62. The summed E-state index contributed by atoms with van der Waals surface area (Å²) in [7, 11) is 1.56. The van der Waals surface area contributed by atoms with Gasteiger partial charge >= 0.3 is 5.97 Å². The lowest BCUT2D eigenvalue weighted by molar-refractivity contribution is -0.152. The molecule has 0 radical (unpaired) electrons. The summed E-state index contributed by atoms with van der Waals surface area (Å²) in [5.74, 6) is 3.25. The Bertz CT molecular complexity index is 650. The summed E-state index contributed by atoms with van der Waals surface area (Å²) in [6.45, 7) is 1.49. The molecule has 0 aromatic heterocycles. The van der Waals surface area contributed by atoms with Crippen molar-refractivity contribution in [2.75, 3.05) is 7.11 Å². The fraction of sp³-hybridized carbons (Fsp3) is 0.600. The molecule has 0 aliphatic heterocycles. The normalized spacial score (nSPS) is 33.3. The van der Waals surface area contributed by atoms with Crippen LogP contribution in [0.15, 0.2) is 18.2 Å². The van der Waals surface area contributed by atoms with E-state index in [9.17, 15) is 9.59 Å². The number of Topliss-reactive ketones (excluding diaryl/α,β-unsaturated/α-hetero) is 1. The maximum atomic E-state index is 12.9. The van der Waals surface area contributed by atoms with E-state index in [1.54, 1.807) is 25.3 Å². The van der Waals surface area contributed by atoms with Gasteiger partial charge in [0.2, 0.25) is 0 Å². The first-order valence-corrected chi connectivity index (χ1v) is 8.95. The summed E-state index contributed by atoms with van der Waals surface area (Å²) >= 11 is 0. The zero-order valence-electron chi connectivity index (χ0n) is 14.3. The average molecular weight is 328 g/mol. The van der Waals surface area contributed by atoms with Crippen LogP contribution in [0, 0.1) is 29.6 Å². The summed E-state index contributed by atoms with van der Waals surface area (Å²) < 4.78 is 10.9. The SMILES string of the molecule is COc1ccc(C(C)=O)c(OC(=O)C2C3CC4CC(C3)CC2C4)c1. The number of hydrogen-bond acceptors (Lipinski definition) is 4. The van der Waals surface area contributed by atoms with Gasteiger partial charge in [-0.2, -0.15) is 0 Å². The topological polar surface area (TPSA) is 52.6 Å². The molecule has 4 aliphatic rings. The Morgan fingerprint density at radius 2 is 1.62 bits per heavy atom. The highest BCUT2D eigenvalue weighted by molar-refractivity contribution is 5.97. The van der Waals surface area contributed by atoms with Crippen molar-refractivity contribution in [3.8, 4) is 11.5 Å².